The summed E-state index contributed by atoms with van der Waals surface area (Å²) in [4.78, 5) is 0. The quantitative estimate of drug-likeness (QED) is 0.516. The lowest BCUT2D eigenvalue weighted by Gasteiger charge is -2.15. The predicted octanol–water partition coefficient (Wildman–Crippen LogP) is 2.86. The first-order valence-electron chi connectivity index (χ1n) is 8.15. The van der Waals surface area contributed by atoms with E-state index < -0.39 is 18.2 Å². The first-order chi connectivity index (χ1) is 13.1. The van der Waals surface area contributed by atoms with Gasteiger partial charge >= 0.3 is 12.3 Å². The molecule has 1 atom stereocenters. The maximum atomic E-state index is 12.4. The molecule has 150 valence electrons. The third-order valence-electron chi connectivity index (χ3n) is 3.65. The third-order valence-corrected chi connectivity index (χ3v) is 3.65. The Bertz CT molecular complexity index is 868. The summed E-state index contributed by atoms with van der Waals surface area (Å²) in [6.45, 7) is 1.49. The lowest BCUT2D eigenvalue weighted by molar-refractivity contribution is -0.274. The number of rotatable bonds is 6. The van der Waals surface area contributed by atoms with E-state index >= 15 is 0 Å². The number of aliphatic hydroxyl groups excluding tert-OH is 1. The second-order valence-electron chi connectivity index (χ2n) is 5.89. The van der Waals surface area contributed by atoms with Gasteiger partial charge in [-0.3, -0.25) is 5.41 Å². The van der Waals surface area contributed by atoms with Gasteiger partial charge in [0.15, 0.2) is 5.90 Å². The van der Waals surface area contributed by atoms with Crippen LogP contribution in [-0.4, -0.2) is 30.4 Å². The Balaban J connectivity index is 2.27. The van der Waals surface area contributed by atoms with Crippen LogP contribution in [0, 0.1) is 5.41 Å². The van der Waals surface area contributed by atoms with Gasteiger partial charge in [0.25, 0.3) is 0 Å². The smallest absolute Gasteiger partial charge is 0.496 e. The number of halogens is 3. The van der Waals surface area contributed by atoms with Crippen LogP contribution in [0.25, 0.3) is 11.1 Å². The van der Waals surface area contributed by atoms with Crippen molar-refractivity contribution in [3.63, 3.8) is 0 Å². The first kappa shape index (κ1) is 21.2. The number of ether oxygens (including phenoxy) is 3. The molecule has 0 amide bonds. The molecular formula is C19H20F3N2O4+. The van der Waals surface area contributed by atoms with E-state index in [4.69, 9.17) is 20.3 Å². The number of nitrogens with two attached hydrogens (primary N) is 1. The normalized spacial score (nSPS) is 12.2. The van der Waals surface area contributed by atoms with Crippen molar-refractivity contribution in [2.45, 2.75) is 25.8 Å². The summed E-state index contributed by atoms with van der Waals surface area (Å²) in [6.07, 6.45) is -5.92. The maximum absolute atomic E-state index is 12.4. The lowest BCUT2D eigenvalue weighted by atomic mass is 9.98. The van der Waals surface area contributed by atoms with Crippen LogP contribution in [0.4, 0.5) is 13.2 Å². The standard InChI is InChI=1S/C19H19F3N2O4/c1-11(23)27-18(24)10-16(25)13-5-3-4-12(8-13)15-7-6-14(9-17(15)26-2)28-19(20,21)22/h3-9,16,23-25H,10H2,1-2H3/p+1. The van der Waals surface area contributed by atoms with Crippen LogP contribution in [-0.2, 0) is 4.74 Å². The second kappa shape index (κ2) is 8.75. The number of hydrogen-bond donors (Lipinski definition) is 3. The van der Waals surface area contributed by atoms with E-state index in [0.717, 1.165) is 6.07 Å². The highest BCUT2D eigenvalue weighted by Gasteiger charge is 2.31. The van der Waals surface area contributed by atoms with E-state index in [1.165, 1.54) is 26.2 Å². The monoisotopic (exact) mass is 397 g/mol. The summed E-state index contributed by atoms with van der Waals surface area (Å²) >= 11 is 0. The Kier molecular flexibility index (Phi) is 6.63. The molecule has 9 heteroatoms. The Morgan fingerprint density at radius 2 is 1.93 bits per heavy atom. The van der Waals surface area contributed by atoms with E-state index in [2.05, 4.69) is 4.74 Å². The summed E-state index contributed by atoms with van der Waals surface area (Å²) < 4.78 is 51.2. The Hall–Kier alpha value is -3.07. The van der Waals surface area contributed by atoms with Crippen molar-refractivity contribution in [1.29, 1.82) is 5.41 Å². The molecule has 4 N–H and O–H groups in total. The molecule has 0 aliphatic carbocycles. The van der Waals surface area contributed by atoms with Gasteiger partial charge in [0.2, 0.25) is 0 Å². The predicted molar refractivity (Wildman–Crippen MR) is 96.1 cm³/mol. The van der Waals surface area contributed by atoms with Crippen LogP contribution in [0.15, 0.2) is 42.5 Å². The zero-order valence-corrected chi connectivity index (χ0v) is 15.2. The van der Waals surface area contributed by atoms with Gasteiger partial charge in [-0.15, -0.1) is 13.2 Å². The molecule has 0 aliphatic heterocycles. The van der Waals surface area contributed by atoms with Gasteiger partial charge in [0.05, 0.1) is 26.6 Å². The van der Waals surface area contributed by atoms with Crippen LogP contribution >= 0.6 is 0 Å². The number of methoxy groups -OCH3 is 1. The van der Waals surface area contributed by atoms with Crippen molar-refractivity contribution >= 4 is 11.8 Å². The van der Waals surface area contributed by atoms with E-state index in [1.54, 1.807) is 24.3 Å². The Morgan fingerprint density at radius 1 is 1.21 bits per heavy atom. The van der Waals surface area contributed by atoms with Crippen LogP contribution in [0.2, 0.25) is 0 Å². The molecule has 0 aromatic heterocycles. The number of hydrogen-bond acceptors (Lipinski definition) is 5. The van der Waals surface area contributed by atoms with Crippen molar-refractivity contribution in [2.24, 2.45) is 0 Å². The molecule has 6 nitrogen and oxygen atoms in total. The highest BCUT2D eigenvalue weighted by atomic mass is 19.4. The minimum atomic E-state index is -4.80. The SMILES string of the molecule is COc1cc(OC(F)(F)F)ccc1-c1cccc(C(O)CC(=N)OC(C)=[NH2+])c1. The minimum Gasteiger partial charge on any atom is -0.496 e. The van der Waals surface area contributed by atoms with Gasteiger partial charge in [-0.05, 0) is 29.3 Å². The molecule has 0 saturated heterocycles. The molecule has 2 aromatic carbocycles. The summed E-state index contributed by atoms with van der Waals surface area (Å²) in [5.41, 5.74) is 1.63. The van der Waals surface area contributed by atoms with Crippen molar-refractivity contribution in [3.05, 3.63) is 48.0 Å². The average Bonchev–Trinajstić information content (AvgIpc) is 2.59. The van der Waals surface area contributed by atoms with E-state index in [1.807, 2.05) is 0 Å². The number of alkyl halides is 3. The molecule has 0 radical (unpaired) electrons. The molecular weight excluding hydrogens is 377 g/mol. The fraction of sp³-hybridized carbons (Fsp3) is 0.263. The number of benzene rings is 2. The zero-order chi connectivity index (χ0) is 20.9. The molecule has 2 rings (SSSR count). The minimum absolute atomic E-state index is 0.0898. The Labute approximate surface area is 159 Å². The number of aliphatic hydroxyl groups is 1. The maximum Gasteiger partial charge on any atom is 0.573 e. The molecule has 0 fully saturated rings. The molecule has 0 aliphatic rings. The molecule has 0 spiro atoms. The largest absolute Gasteiger partial charge is 0.573 e. The second-order valence-corrected chi connectivity index (χ2v) is 5.89. The van der Waals surface area contributed by atoms with E-state index in [-0.39, 0.29) is 24.0 Å². The van der Waals surface area contributed by atoms with Gasteiger partial charge in [-0.1, -0.05) is 18.2 Å². The Morgan fingerprint density at radius 3 is 2.54 bits per heavy atom. The molecule has 0 bridgehead atoms. The molecule has 2 aromatic rings. The van der Waals surface area contributed by atoms with Crippen molar-refractivity contribution < 1.29 is 37.9 Å². The average molecular weight is 397 g/mol. The van der Waals surface area contributed by atoms with Crippen molar-refractivity contribution in [2.75, 3.05) is 7.11 Å². The van der Waals surface area contributed by atoms with Crippen LogP contribution in [0.1, 0.15) is 25.0 Å². The fourth-order valence-corrected chi connectivity index (χ4v) is 2.55. The molecule has 28 heavy (non-hydrogen) atoms. The van der Waals surface area contributed by atoms with Gasteiger partial charge in [-0.2, -0.15) is 0 Å². The summed E-state index contributed by atoms with van der Waals surface area (Å²) in [6, 6.07) is 10.5. The van der Waals surface area contributed by atoms with Gasteiger partial charge < -0.3 is 19.3 Å². The summed E-state index contributed by atoms with van der Waals surface area (Å²) in [5.74, 6) is -0.317. The van der Waals surface area contributed by atoms with Crippen LogP contribution in [0.3, 0.4) is 0 Å². The first-order valence-corrected chi connectivity index (χ1v) is 8.15. The van der Waals surface area contributed by atoms with Crippen LogP contribution in [0.5, 0.6) is 11.5 Å². The van der Waals surface area contributed by atoms with E-state index in [9.17, 15) is 18.3 Å². The van der Waals surface area contributed by atoms with E-state index in [0.29, 0.717) is 16.7 Å². The van der Waals surface area contributed by atoms with Crippen molar-refractivity contribution in [1.82, 2.24) is 0 Å². The van der Waals surface area contributed by atoms with Crippen LogP contribution < -0.4 is 14.9 Å². The highest BCUT2D eigenvalue weighted by molar-refractivity contribution is 5.86. The highest BCUT2D eigenvalue weighted by Crippen LogP contribution is 2.36. The van der Waals surface area contributed by atoms with Gasteiger partial charge in [0, 0.05) is 11.6 Å². The fourth-order valence-electron chi connectivity index (χ4n) is 2.55. The van der Waals surface area contributed by atoms with Crippen molar-refractivity contribution in [3.8, 4) is 22.6 Å². The molecule has 1 unspecified atom stereocenters. The van der Waals surface area contributed by atoms with Gasteiger partial charge in [-0.25, -0.2) is 5.41 Å². The number of nitrogens with one attached hydrogen (secondary N) is 1. The topological polar surface area (TPSA) is 97.4 Å². The summed E-state index contributed by atoms with van der Waals surface area (Å²) in [5, 5.41) is 23.4. The zero-order valence-electron chi connectivity index (χ0n) is 15.2. The molecule has 0 saturated carbocycles. The lowest BCUT2D eigenvalue weighted by Crippen LogP contribution is -2.40. The molecule has 0 heterocycles. The summed E-state index contributed by atoms with van der Waals surface area (Å²) in [7, 11) is 1.33. The van der Waals surface area contributed by atoms with Gasteiger partial charge in [0.1, 0.15) is 11.5 Å². The third kappa shape index (κ3) is 5.98.